The number of fused-ring (bicyclic) bond motifs is 2. The first kappa shape index (κ1) is 14.7. The summed E-state index contributed by atoms with van der Waals surface area (Å²) in [6.45, 7) is 1.95. The summed E-state index contributed by atoms with van der Waals surface area (Å²) in [5.74, 6) is 0.131. The molecule has 2 aromatic carbocycles. The van der Waals surface area contributed by atoms with Crippen LogP contribution in [0.5, 0.6) is 11.5 Å². The molecule has 1 atom stereocenters. The molecule has 0 aromatic heterocycles. The van der Waals surface area contributed by atoms with Gasteiger partial charge in [-0.05, 0) is 30.7 Å². The van der Waals surface area contributed by atoms with Crippen LogP contribution in [0.25, 0.3) is 0 Å². The highest BCUT2D eigenvalue weighted by molar-refractivity contribution is 6.10. The fourth-order valence-corrected chi connectivity index (χ4v) is 3.10. The van der Waals surface area contributed by atoms with E-state index in [4.69, 9.17) is 9.47 Å². The number of ether oxygens (including phenoxy) is 2. The number of carbonyl (C=O) groups is 2. The lowest BCUT2D eigenvalue weighted by atomic mass is 9.87. The Hall–Kier alpha value is -2.86. The topological polar surface area (TPSA) is 84.9 Å². The van der Waals surface area contributed by atoms with Gasteiger partial charge >= 0.3 is 0 Å². The Morgan fingerprint density at radius 2 is 2.04 bits per heavy atom. The molecule has 0 saturated heterocycles. The molecule has 2 N–H and O–H groups in total. The van der Waals surface area contributed by atoms with Crippen molar-refractivity contribution in [1.82, 2.24) is 0 Å². The van der Waals surface area contributed by atoms with Crippen LogP contribution in [0.2, 0.25) is 0 Å². The van der Waals surface area contributed by atoms with E-state index < -0.39 is 11.5 Å². The van der Waals surface area contributed by atoms with E-state index in [9.17, 15) is 14.7 Å². The average molecular weight is 325 g/mol. The molecule has 2 aromatic rings. The van der Waals surface area contributed by atoms with Crippen molar-refractivity contribution < 1.29 is 24.2 Å². The second kappa shape index (κ2) is 5.07. The van der Waals surface area contributed by atoms with Crippen molar-refractivity contribution in [2.24, 2.45) is 0 Å². The Morgan fingerprint density at radius 1 is 1.25 bits per heavy atom. The Labute approximate surface area is 138 Å². The van der Waals surface area contributed by atoms with Gasteiger partial charge in [0, 0.05) is 11.1 Å². The smallest absolute Gasteiger partial charge is 0.261 e. The van der Waals surface area contributed by atoms with Crippen LogP contribution < -0.4 is 14.8 Å². The molecule has 2 aliphatic heterocycles. The van der Waals surface area contributed by atoms with Crippen LogP contribution in [0.3, 0.4) is 0 Å². The van der Waals surface area contributed by atoms with E-state index in [1.807, 2.05) is 13.0 Å². The molecule has 2 heterocycles. The second-order valence-corrected chi connectivity index (χ2v) is 5.98. The third kappa shape index (κ3) is 2.07. The summed E-state index contributed by atoms with van der Waals surface area (Å²) in [4.78, 5) is 24.9. The number of benzene rings is 2. The Balaban J connectivity index is 1.67. The van der Waals surface area contributed by atoms with Gasteiger partial charge in [0.2, 0.25) is 6.79 Å². The van der Waals surface area contributed by atoms with E-state index in [0.717, 1.165) is 5.56 Å². The van der Waals surface area contributed by atoms with Gasteiger partial charge in [0.15, 0.2) is 22.9 Å². The maximum Gasteiger partial charge on any atom is 0.261 e. The molecule has 0 bridgehead atoms. The molecular weight excluding hydrogens is 310 g/mol. The number of nitrogens with one attached hydrogen (secondary N) is 1. The SMILES string of the molecule is Cc1cccc2c1NC(=O)[C@@]2(O)CC(=O)c1ccc2c(c1)OCO2. The number of amides is 1. The highest BCUT2D eigenvalue weighted by atomic mass is 16.7. The highest BCUT2D eigenvalue weighted by Crippen LogP contribution is 2.41. The third-order valence-electron chi connectivity index (χ3n) is 4.44. The van der Waals surface area contributed by atoms with Crippen molar-refractivity contribution in [2.75, 3.05) is 12.1 Å². The molecule has 0 unspecified atom stereocenters. The van der Waals surface area contributed by atoms with E-state index in [1.165, 1.54) is 0 Å². The van der Waals surface area contributed by atoms with E-state index in [1.54, 1.807) is 30.3 Å². The van der Waals surface area contributed by atoms with Crippen molar-refractivity contribution in [2.45, 2.75) is 18.9 Å². The maximum atomic E-state index is 12.6. The number of anilines is 1. The highest BCUT2D eigenvalue weighted by Gasteiger charge is 2.47. The zero-order valence-corrected chi connectivity index (χ0v) is 13.0. The maximum absolute atomic E-state index is 12.6. The van der Waals surface area contributed by atoms with Gasteiger partial charge in [-0.2, -0.15) is 0 Å². The predicted octanol–water partition coefficient (Wildman–Crippen LogP) is 2.14. The van der Waals surface area contributed by atoms with Gasteiger partial charge < -0.3 is 19.9 Å². The van der Waals surface area contributed by atoms with Crippen LogP contribution in [-0.4, -0.2) is 23.6 Å². The Morgan fingerprint density at radius 3 is 2.88 bits per heavy atom. The fourth-order valence-electron chi connectivity index (χ4n) is 3.10. The number of Topliss-reactive ketones (excluding diaryl/α,β-unsaturated/α-hetero) is 1. The summed E-state index contributed by atoms with van der Waals surface area (Å²) >= 11 is 0. The fraction of sp³-hybridized carbons (Fsp3) is 0.222. The van der Waals surface area contributed by atoms with Gasteiger partial charge in [0.25, 0.3) is 5.91 Å². The minimum Gasteiger partial charge on any atom is -0.454 e. The molecule has 6 nitrogen and oxygen atoms in total. The minimum absolute atomic E-state index is 0.117. The lowest BCUT2D eigenvalue weighted by molar-refractivity contribution is -0.133. The van der Waals surface area contributed by atoms with Crippen LogP contribution >= 0.6 is 0 Å². The first-order valence-electron chi connectivity index (χ1n) is 7.56. The van der Waals surface area contributed by atoms with Crippen LogP contribution in [0.1, 0.15) is 27.9 Å². The summed E-state index contributed by atoms with van der Waals surface area (Å²) in [7, 11) is 0. The number of ketones is 1. The average Bonchev–Trinajstić information content (AvgIpc) is 3.12. The lowest BCUT2D eigenvalue weighted by Crippen LogP contribution is -2.36. The standard InChI is InChI=1S/C18H15NO5/c1-10-3-2-4-12-16(10)19-17(21)18(12,22)8-13(20)11-5-6-14-15(7-11)24-9-23-14/h2-7,22H,8-9H2,1H3,(H,19,21)/t18-/m1/s1. The molecule has 0 spiro atoms. The Kier molecular flexibility index (Phi) is 3.11. The first-order valence-corrected chi connectivity index (χ1v) is 7.56. The third-order valence-corrected chi connectivity index (χ3v) is 4.44. The van der Waals surface area contributed by atoms with E-state index in [0.29, 0.717) is 28.3 Å². The Bertz CT molecular complexity index is 876. The molecule has 122 valence electrons. The largest absolute Gasteiger partial charge is 0.454 e. The summed E-state index contributed by atoms with van der Waals surface area (Å²) in [6.07, 6.45) is -0.338. The van der Waals surface area contributed by atoms with E-state index in [-0.39, 0.29) is 19.0 Å². The number of carbonyl (C=O) groups excluding carboxylic acids is 2. The van der Waals surface area contributed by atoms with Gasteiger partial charge in [-0.1, -0.05) is 18.2 Å². The van der Waals surface area contributed by atoms with Crippen molar-refractivity contribution >= 4 is 17.4 Å². The van der Waals surface area contributed by atoms with Crippen molar-refractivity contribution in [3.8, 4) is 11.5 Å². The van der Waals surface area contributed by atoms with Crippen molar-refractivity contribution in [1.29, 1.82) is 0 Å². The molecule has 0 aliphatic carbocycles. The summed E-state index contributed by atoms with van der Waals surface area (Å²) in [6, 6.07) is 10.1. The molecule has 6 heteroatoms. The first-order chi connectivity index (χ1) is 11.5. The van der Waals surface area contributed by atoms with Crippen molar-refractivity contribution in [3.63, 3.8) is 0 Å². The van der Waals surface area contributed by atoms with E-state index in [2.05, 4.69) is 5.32 Å². The number of rotatable bonds is 3. The molecular formula is C18H15NO5. The van der Waals surface area contributed by atoms with Crippen LogP contribution in [0.15, 0.2) is 36.4 Å². The monoisotopic (exact) mass is 325 g/mol. The number of hydrogen-bond donors (Lipinski definition) is 2. The minimum atomic E-state index is -1.87. The zero-order chi connectivity index (χ0) is 16.9. The molecule has 0 radical (unpaired) electrons. The molecule has 1 amide bonds. The molecule has 4 rings (SSSR count). The molecule has 2 aliphatic rings. The lowest BCUT2D eigenvalue weighted by Gasteiger charge is -2.20. The number of para-hydroxylation sites is 1. The quantitative estimate of drug-likeness (QED) is 0.845. The van der Waals surface area contributed by atoms with Gasteiger partial charge in [0.05, 0.1) is 12.1 Å². The van der Waals surface area contributed by atoms with Crippen LogP contribution in [0.4, 0.5) is 5.69 Å². The van der Waals surface area contributed by atoms with Crippen LogP contribution in [-0.2, 0) is 10.4 Å². The van der Waals surface area contributed by atoms with Gasteiger partial charge in [-0.25, -0.2) is 0 Å². The van der Waals surface area contributed by atoms with Gasteiger partial charge in [0.1, 0.15) is 0 Å². The second-order valence-electron chi connectivity index (χ2n) is 5.98. The molecule has 24 heavy (non-hydrogen) atoms. The van der Waals surface area contributed by atoms with Crippen molar-refractivity contribution in [3.05, 3.63) is 53.1 Å². The molecule has 0 saturated carbocycles. The summed E-state index contributed by atoms with van der Waals surface area (Å²) in [5.41, 5.74) is 0.341. The number of aliphatic hydroxyl groups is 1. The molecule has 0 fully saturated rings. The zero-order valence-electron chi connectivity index (χ0n) is 13.0. The number of aryl methyl sites for hydroxylation is 1. The van der Waals surface area contributed by atoms with Gasteiger partial charge in [-0.15, -0.1) is 0 Å². The van der Waals surface area contributed by atoms with Crippen LogP contribution in [0, 0.1) is 6.92 Å². The normalized spacial score (nSPS) is 20.7. The summed E-state index contributed by atoms with van der Waals surface area (Å²) < 4.78 is 10.5. The van der Waals surface area contributed by atoms with Gasteiger partial charge in [-0.3, -0.25) is 9.59 Å². The predicted molar refractivity (Wildman–Crippen MR) is 85.2 cm³/mol. The number of hydrogen-bond acceptors (Lipinski definition) is 5. The van der Waals surface area contributed by atoms with E-state index >= 15 is 0 Å². The summed E-state index contributed by atoms with van der Waals surface area (Å²) in [5, 5.41) is 13.5.